The molecule has 0 spiro atoms. The zero-order valence-corrected chi connectivity index (χ0v) is 28.7. The molecule has 0 radical (unpaired) electrons. The third-order valence-electron chi connectivity index (χ3n) is 8.15. The Morgan fingerprint density at radius 3 is 1.27 bits per heavy atom. The maximum atomic E-state index is 6.01. The van der Waals surface area contributed by atoms with Gasteiger partial charge in [-0.3, -0.25) is 0 Å². The van der Waals surface area contributed by atoms with E-state index in [-0.39, 0.29) is 24.0 Å². The second-order valence-electron chi connectivity index (χ2n) is 11.2. The molecule has 0 N–H and O–H groups in total. The van der Waals surface area contributed by atoms with Crippen molar-refractivity contribution in [3.05, 3.63) is 157 Å². The summed E-state index contributed by atoms with van der Waals surface area (Å²) in [6.45, 7) is 0.789. The number of halogens is 1. The lowest BCUT2D eigenvalue weighted by atomic mass is 10.1. The molecule has 0 aliphatic rings. The summed E-state index contributed by atoms with van der Waals surface area (Å²) in [4.78, 5) is 0. The van der Waals surface area contributed by atoms with Crippen molar-refractivity contribution in [2.45, 2.75) is 44.9 Å². The van der Waals surface area contributed by atoms with E-state index in [2.05, 4.69) is 152 Å². The van der Waals surface area contributed by atoms with E-state index >= 15 is 0 Å². The monoisotopic (exact) mass is 710 g/mol. The van der Waals surface area contributed by atoms with Crippen LogP contribution in [-0.2, 0) is 0 Å². The van der Waals surface area contributed by atoms with Gasteiger partial charge in [0.2, 0.25) is 0 Å². The van der Waals surface area contributed by atoms with Gasteiger partial charge in [0, 0.05) is 0 Å². The summed E-state index contributed by atoms with van der Waals surface area (Å²) in [5, 5.41) is 4.47. The minimum absolute atomic E-state index is 0. The highest BCUT2D eigenvalue weighted by molar-refractivity contribution is 7.95. The lowest BCUT2D eigenvalue weighted by molar-refractivity contribution is -0.00000886. The zero-order chi connectivity index (χ0) is 29.4. The molecule has 5 rings (SSSR count). The molecule has 0 aromatic heterocycles. The topological polar surface area (TPSA) is 9.23 Å². The first-order valence-electron chi connectivity index (χ1n) is 15.9. The Labute approximate surface area is 282 Å². The highest BCUT2D eigenvalue weighted by Crippen LogP contribution is 2.56. The van der Waals surface area contributed by atoms with Gasteiger partial charge in [-0.2, -0.15) is 0 Å². The minimum atomic E-state index is -1.69. The third-order valence-corrected chi connectivity index (χ3v) is 12.7. The van der Waals surface area contributed by atoms with Crippen LogP contribution in [0.3, 0.4) is 0 Å². The zero-order valence-electron chi connectivity index (χ0n) is 25.6. The molecule has 0 bridgehead atoms. The summed E-state index contributed by atoms with van der Waals surface area (Å²) in [7, 11) is -1.69. The van der Waals surface area contributed by atoms with Crippen molar-refractivity contribution >= 4 is 35.3 Å². The van der Waals surface area contributed by atoms with Crippen LogP contribution in [0.15, 0.2) is 146 Å². The quantitative estimate of drug-likeness (QED) is 0.0466. The Balaban J connectivity index is 0.00000442. The van der Waals surface area contributed by atoms with Crippen molar-refractivity contribution in [1.82, 2.24) is 0 Å². The first kappa shape index (κ1) is 33.7. The Hall–Kier alpha value is -3.20. The minimum Gasteiger partial charge on any atom is -1.00 e. The molecule has 226 valence electrons. The van der Waals surface area contributed by atoms with Crippen LogP contribution in [0.1, 0.15) is 56.1 Å². The van der Waals surface area contributed by atoms with Crippen LogP contribution in [0.5, 0.6) is 5.75 Å². The number of ether oxygens (including phenoxy) is 1. The molecule has 44 heavy (non-hydrogen) atoms. The number of hydrogen-bond donors (Lipinski definition) is 0. The van der Waals surface area contributed by atoms with Crippen LogP contribution < -0.4 is 44.6 Å². The molecule has 0 atom stereocenters. The van der Waals surface area contributed by atoms with E-state index < -0.39 is 7.26 Å². The molecular formula is C41H44IOP. The molecule has 0 fully saturated rings. The lowest BCUT2D eigenvalue weighted by Crippen LogP contribution is -3.00. The fourth-order valence-electron chi connectivity index (χ4n) is 5.84. The van der Waals surface area contributed by atoms with Crippen molar-refractivity contribution < 1.29 is 28.7 Å². The maximum Gasteiger partial charge on any atom is 0.119 e. The molecule has 0 unspecified atom stereocenters. The smallest absolute Gasteiger partial charge is 0.119 e. The molecule has 0 saturated heterocycles. The van der Waals surface area contributed by atoms with E-state index in [0.717, 1.165) is 18.8 Å². The van der Waals surface area contributed by atoms with E-state index in [1.807, 2.05) is 6.07 Å². The van der Waals surface area contributed by atoms with E-state index in [9.17, 15) is 0 Å². The molecule has 0 amide bonds. The molecule has 5 aromatic carbocycles. The van der Waals surface area contributed by atoms with Gasteiger partial charge in [-0.25, -0.2) is 0 Å². The fraction of sp³-hybridized carbons (Fsp3) is 0.220. The Morgan fingerprint density at radius 1 is 0.409 bits per heavy atom. The maximum absolute atomic E-state index is 6.01. The van der Waals surface area contributed by atoms with Gasteiger partial charge in [0.1, 0.15) is 28.9 Å². The average Bonchev–Trinajstić information content (AvgIpc) is 3.09. The van der Waals surface area contributed by atoms with Gasteiger partial charge in [-0.05, 0) is 78.9 Å². The van der Waals surface area contributed by atoms with Crippen LogP contribution in [-0.4, -0.2) is 12.8 Å². The predicted molar refractivity (Wildman–Crippen MR) is 190 cm³/mol. The molecule has 0 aliphatic heterocycles. The predicted octanol–water partition coefficient (Wildman–Crippen LogP) is 6.96. The lowest BCUT2D eigenvalue weighted by Gasteiger charge is -2.27. The van der Waals surface area contributed by atoms with Crippen molar-refractivity contribution in [2.24, 2.45) is 0 Å². The van der Waals surface area contributed by atoms with Crippen LogP contribution in [0, 0.1) is 0 Å². The summed E-state index contributed by atoms with van der Waals surface area (Å²) < 4.78 is 6.01. The Kier molecular flexibility index (Phi) is 14.2. The van der Waals surface area contributed by atoms with Crippen LogP contribution in [0.25, 0.3) is 12.2 Å². The summed E-state index contributed by atoms with van der Waals surface area (Å²) in [5.41, 5.74) is 2.40. The van der Waals surface area contributed by atoms with E-state index in [1.54, 1.807) is 0 Å². The average molecular weight is 711 g/mol. The summed E-state index contributed by atoms with van der Waals surface area (Å²) >= 11 is 0. The van der Waals surface area contributed by atoms with E-state index in [1.165, 1.54) is 71.7 Å². The molecule has 3 heteroatoms. The van der Waals surface area contributed by atoms with Gasteiger partial charge in [0.15, 0.2) is 0 Å². The first-order chi connectivity index (χ1) is 21.3. The number of unbranched alkanes of at least 4 members (excludes halogenated alkanes) is 6. The summed E-state index contributed by atoms with van der Waals surface area (Å²) in [6.07, 6.45) is 14.3. The van der Waals surface area contributed by atoms with E-state index in [0.29, 0.717) is 0 Å². The van der Waals surface area contributed by atoms with Gasteiger partial charge in [0.05, 0.1) is 12.8 Å². The summed E-state index contributed by atoms with van der Waals surface area (Å²) in [6, 6.07) is 52.6. The first-order valence-corrected chi connectivity index (χ1v) is 17.8. The van der Waals surface area contributed by atoms with Crippen LogP contribution >= 0.6 is 7.26 Å². The van der Waals surface area contributed by atoms with Crippen molar-refractivity contribution in [2.75, 3.05) is 12.8 Å². The number of rotatable bonds is 16. The second kappa shape index (κ2) is 18.6. The van der Waals surface area contributed by atoms with Gasteiger partial charge in [0.25, 0.3) is 0 Å². The highest BCUT2D eigenvalue weighted by atomic mass is 127. The van der Waals surface area contributed by atoms with Crippen molar-refractivity contribution in [3.63, 3.8) is 0 Å². The van der Waals surface area contributed by atoms with Gasteiger partial charge < -0.3 is 28.7 Å². The number of benzene rings is 5. The normalized spacial score (nSPS) is 11.3. The third kappa shape index (κ3) is 9.65. The standard InChI is InChI=1S/C41H44OP.HI/c1(2-4-18-34-42-38-32-30-37(31-33-38)29-28-36-20-10-6-11-21-36)3-5-19-35-43(39-22-12-7-13-23-39,40-24-14-8-15-25-40)41-26-16-9-17-27-41;/h6-17,20-33H,1-5,18-19,34-35H2;1H/q+1;/p-1/b29-28+;. The molecule has 5 aromatic rings. The van der Waals surface area contributed by atoms with Crippen molar-refractivity contribution in [3.8, 4) is 5.75 Å². The van der Waals surface area contributed by atoms with Gasteiger partial charge in [-0.15, -0.1) is 0 Å². The fourth-order valence-corrected chi connectivity index (χ4v) is 10.2. The molecule has 0 heterocycles. The SMILES string of the molecule is C(=C\c1ccc(OCCCCCCCCC[P+](c2ccccc2)(c2ccccc2)c2ccccc2)cc1)/c1ccccc1.[I-]. The molecule has 0 saturated carbocycles. The largest absolute Gasteiger partial charge is 1.00 e. The molecular weight excluding hydrogens is 666 g/mol. The molecule has 0 aliphatic carbocycles. The number of hydrogen-bond acceptors (Lipinski definition) is 1. The highest BCUT2D eigenvalue weighted by Gasteiger charge is 2.44. The van der Waals surface area contributed by atoms with Crippen LogP contribution in [0.2, 0.25) is 0 Å². The van der Waals surface area contributed by atoms with E-state index in [4.69, 9.17) is 4.74 Å². The van der Waals surface area contributed by atoms with Crippen molar-refractivity contribution in [1.29, 1.82) is 0 Å². The Bertz CT molecular complexity index is 1390. The molecule has 1 nitrogen and oxygen atoms in total. The second-order valence-corrected chi connectivity index (χ2v) is 14.8. The van der Waals surface area contributed by atoms with Gasteiger partial charge in [-0.1, -0.05) is 135 Å². The summed E-state index contributed by atoms with van der Waals surface area (Å²) in [5.74, 6) is 0.957. The van der Waals surface area contributed by atoms with Gasteiger partial charge >= 0.3 is 0 Å². The van der Waals surface area contributed by atoms with Crippen LogP contribution in [0.4, 0.5) is 0 Å². The Morgan fingerprint density at radius 2 is 0.795 bits per heavy atom.